The molecule has 0 aliphatic heterocycles. The minimum atomic E-state index is -0.492. The Hall–Kier alpha value is -2.48. The van der Waals surface area contributed by atoms with E-state index in [9.17, 15) is 10.1 Å². The zero-order valence-electron chi connectivity index (χ0n) is 9.28. The number of aromatic nitrogens is 2. The van der Waals surface area contributed by atoms with Crippen LogP contribution >= 0.6 is 0 Å². The second-order valence-electron chi connectivity index (χ2n) is 3.35. The molecule has 1 heterocycles. The highest BCUT2D eigenvalue weighted by atomic mass is 16.6. The first-order chi connectivity index (χ1) is 8.69. The van der Waals surface area contributed by atoms with Crippen LogP contribution in [0.25, 0.3) is 0 Å². The number of nitrogens with two attached hydrogens (primary N) is 1. The third kappa shape index (κ3) is 2.80. The summed E-state index contributed by atoms with van der Waals surface area (Å²) in [5, 5.41) is 14.2. The van der Waals surface area contributed by atoms with Gasteiger partial charge in [0.05, 0.1) is 17.5 Å². The summed E-state index contributed by atoms with van der Waals surface area (Å²) >= 11 is 0. The Morgan fingerprint density at radius 1 is 1.50 bits per heavy atom. The van der Waals surface area contributed by atoms with Crippen LogP contribution in [0.15, 0.2) is 28.8 Å². The second-order valence-corrected chi connectivity index (χ2v) is 3.35. The van der Waals surface area contributed by atoms with Gasteiger partial charge < -0.3 is 15.0 Å². The first-order valence-electron chi connectivity index (χ1n) is 5.08. The predicted molar refractivity (Wildman–Crippen MR) is 59.6 cm³/mol. The van der Waals surface area contributed by atoms with Crippen LogP contribution in [0.3, 0.4) is 0 Å². The van der Waals surface area contributed by atoms with Crippen molar-refractivity contribution in [1.29, 1.82) is 0 Å². The van der Waals surface area contributed by atoms with E-state index < -0.39 is 4.92 Å². The summed E-state index contributed by atoms with van der Waals surface area (Å²) in [7, 11) is 0. The molecule has 18 heavy (non-hydrogen) atoms. The van der Waals surface area contributed by atoms with E-state index in [0.717, 1.165) is 0 Å². The Bertz CT molecular complexity index is 554. The van der Waals surface area contributed by atoms with Gasteiger partial charge >= 0.3 is 0 Å². The number of hydrogen-bond donors (Lipinski definition) is 1. The molecule has 8 heteroatoms. The van der Waals surface area contributed by atoms with Crippen molar-refractivity contribution in [2.24, 2.45) is 5.73 Å². The summed E-state index contributed by atoms with van der Waals surface area (Å²) in [6.45, 7) is 0.217. The number of benzene rings is 1. The topological polar surface area (TPSA) is 117 Å². The van der Waals surface area contributed by atoms with Crippen molar-refractivity contribution >= 4 is 5.69 Å². The molecule has 0 radical (unpaired) electrons. The lowest BCUT2D eigenvalue weighted by Crippen LogP contribution is -2.00. The molecule has 0 bridgehead atoms. The molecular weight excluding hydrogens is 240 g/mol. The van der Waals surface area contributed by atoms with E-state index in [1.54, 1.807) is 6.07 Å². The molecule has 2 aromatic rings. The Morgan fingerprint density at radius 3 is 3.00 bits per heavy atom. The molecule has 0 spiro atoms. The van der Waals surface area contributed by atoms with Crippen LogP contribution in [0, 0.1) is 10.1 Å². The molecule has 0 saturated carbocycles. The van der Waals surface area contributed by atoms with Crippen LogP contribution in [0.1, 0.15) is 11.7 Å². The summed E-state index contributed by atoms with van der Waals surface area (Å²) in [5.74, 6) is 1.01. The van der Waals surface area contributed by atoms with Crippen molar-refractivity contribution in [3.63, 3.8) is 0 Å². The van der Waals surface area contributed by atoms with Crippen LogP contribution in [0.2, 0.25) is 0 Å². The maximum Gasteiger partial charge on any atom is 0.273 e. The van der Waals surface area contributed by atoms with Crippen molar-refractivity contribution in [2.45, 2.75) is 13.2 Å². The zero-order chi connectivity index (χ0) is 13.0. The Kier molecular flexibility index (Phi) is 3.49. The van der Waals surface area contributed by atoms with Gasteiger partial charge in [0.25, 0.3) is 5.69 Å². The fourth-order valence-corrected chi connectivity index (χ4v) is 1.27. The van der Waals surface area contributed by atoms with Crippen LogP contribution in [0.5, 0.6) is 5.75 Å². The van der Waals surface area contributed by atoms with E-state index >= 15 is 0 Å². The quantitative estimate of drug-likeness (QED) is 0.621. The highest BCUT2D eigenvalue weighted by Gasteiger charge is 2.08. The normalized spacial score (nSPS) is 10.3. The van der Waals surface area contributed by atoms with Gasteiger partial charge in [-0.15, -0.1) is 0 Å². The molecule has 0 unspecified atom stereocenters. The molecule has 1 aromatic carbocycles. The number of nitro groups is 1. The maximum atomic E-state index is 10.6. The highest BCUT2D eigenvalue weighted by molar-refractivity contribution is 5.37. The van der Waals surface area contributed by atoms with Gasteiger partial charge in [-0.3, -0.25) is 10.1 Å². The molecule has 0 aliphatic carbocycles. The summed E-state index contributed by atoms with van der Waals surface area (Å²) in [5.41, 5.74) is 5.27. The van der Waals surface area contributed by atoms with Crippen LogP contribution in [-0.2, 0) is 13.2 Å². The van der Waals surface area contributed by atoms with Crippen molar-refractivity contribution in [3.05, 3.63) is 46.1 Å². The van der Waals surface area contributed by atoms with Crippen molar-refractivity contribution in [2.75, 3.05) is 0 Å². The van der Waals surface area contributed by atoms with Gasteiger partial charge in [-0.05, 0) is 6.07 Å². The number of non-ortho nitro benzene ring substituents is 1. The van der Waals surface area contributed by atoms with Gasteiger partial charge in [0.2, 0.25) is 11.7 Å². The molecule has 0 saturated heterocycles. The monoisotopic (exact) mass is 250 g/mol. The largest absolute Gasteiger partial charge is 0.485 e. The third-order valence-electron chi connectivity index (χ3n) is 2.08. The molecule has 0 aliphatic rings. The Labute approximate surface area is 102 Å². The van der Waals surface area contributed by atoms with Gasteiger partial charge in [0.15, 0.2) is 6.61 Å². The Morgan fingerprint density at radius 2 is 2.33 bits per heavy atom. The highest BCUT2D eigenvalue weighted by Crippen LogP contribution is 2.19. The maximum absolute atomic E-state index is 10.6. The zero-order valence-corrected chi connectivity index (χ0v) is 9.28. The lowest BCUT2D eigenvalue weighted by molar-refractivity contribution is -0.384. The second kappa shape index (κ2) is 5.23. The van der Waals surface area contributed by atoms with E-state index in [1.165, 1.54) is 18.2 Å². The number of ether oxygens (including phenoxy) is 1. The minimum absolute atomic E-state index is 0.0386. The van der Waals surface area contributed by atoms with Crippen molar-refractivity contribution in [1.82, 2.24) is 10.1 Å². The molecular formula is C10H10N4O4. The smallest absolute Gasteiger partial charge is 0.273 e. The summed E-state index contributed by atoms with van der Waals surface area (Å²) < 4.78 is 10.1. The van der Waals surface area contributed by atoms with E-state index in [-0.39, 0.29) is 18.8 Å². The lowest BCUT2D eigenvalue weighted by Gasteiger charge is -2.02. The first kappa shape index (κ1) is 12.0. The molecule has 8 nitrogen and oxygen atoms in total. The van der Waals surface area contributed by atoms with Crippen LogP contribution in [0.4, 0.5) is 5.69 Å². The molecule has 0 amide bonds. The average molecular weight is 250 g/mol. The number of rotatable bonds is 5. The van der Waals surface area contributed by atoms with Crippen molar-refractivity contribution < 1.29 is 14.2 Å². The summed E-state index contributed by atoms with van der Waals surface area (Å²) in [6, 6.07) is 5.85. The van der Waals surface area contributed by atoms with E-state index in [4.69, 9.17) is 15.0 Å². The number of nitro benzene ring substituents is 1. The third-order valence-corrected chi connectivity index (χ3v) is 2.08. The first-order valence-corrected chi connectivity index (χ1v) is 5.08. The molecule has 0 fully saturated rings. The average Bonchev–Trinajstić information content (AvgIpc) is 2.84. The SMILES string of the molecule is NCc1nc(COc2cccc([N+](=O)[O-])c2)no1. The molecule has 94 valence electrons. The molecule has 1 aromatic heterocycles. The fraction of sp³-hybridized carbons (Fsp3) is 0.200. The summed E-state index contributed by atoms with van der Waals surface area (Å²) in [4.78, 5) is 14.0. The molecule has 0 atom stereocenters. The van der Waals surface area contributed by atoms with Gasteiger partial charge in [-0.2, -0.15) is 4.98 Å². The van der Waals surface area contributed by atoms with Crippen LogP contribution < -0.4 is 10.5 Å². The van der Waals surface area contributed by atoms with Gasteiger partial charge in [0, 0.05) is 6.07 Å². The summed E-state index contributed by atoms with van der Waals surface area (Å²) in [6.07, 6.45) is 0. The predicted octanol–water partition coefficient (Wildman–Crippen LogP) is 1.02. The lowest BCUT2D eigenvalue weighted by atomic mass is 10.3. The van der Waals surface area contributed by atoms with Gasteiger partial charge in [-0.25, -0.2) is 0 Å². The fourth-order valence-electron chi connectivity index (χ4n) is 1.27. The molecule has 2 rings (SSSR count). The number of nitrogens with zero attached hydrogens (tertiary/aromatic N) is 3. The Balaban J connectivity index is 2.01. The van der Waals surface area contributed by atoms with E-state index in [1.807, 2.05) is 0 Å². The van der Waals surface area contributed by atoms with E-state index in [0.29, 0.717) is 17.5 Å². The number of hydrogen-bond acceptors (Lipinski definition) is 7. The minimum Gasteiger partial charge on any atom is -0.485 e. The van der Waals surface area contributed by atoms with Gasteiger partial charge in [0.1, 0.15) is 5.75 Å². The van der Waals surface area contributed by atoms with Gasteiger partial charge in [-0.1, -0.05) is 11.2 Å². The molecule has 2 N–H and O–H groups in total. The van der Waals surface area contributed by atoms with Crippen LogP contribution in [-0.4, -0.2) is 15.1 Å². The van der Waals surface area contributed by atoms with Crippen molar-refractivity contribution in [3.8, 4) is 5.75 Å². The standard InChI is InChI=1S/C10H10N4O4/c11-5-10-12-9(13-18-10)6-17-8-3-1-2-7(4-8)14(15)16/h1-4H,5-6,11H2. The van der Waals surface area contributed by atoms with E-state index in [2.05, 4.69) is 10.1 Å².